The number of hydrogen-bond acceptors (Lipinski definition) is 4. The number of carboxylic acid groups (broad SMARTS) is 1. The molecule has 3 aromatic rings. The van der Waals surface area contributed by atoms with E-state index < -0.39 is 5.97 Å². The maximum absolute atomic E-state index is 13.3. The number of aliphatic carboxylic acids is 1. The van der Waals surface area contributed by atoms with Gasteiger partial charge < -0.3 is 14.6 Å². The molecule has 7 heteroatoms. The third-order valence-electron chi connectivity index (χ3n) is 4.71. The monoisotopic (exact) mass is 413 g/mol. The average molecular weight is 414 g/mol. The van der Waals surface area contributed by atoms with Crippen LogP contribution in [0.3, 0.4) is 0 Å². The molecule has 0 spiro atoms. The second kappa shape index (κ2) is 8.09. The molecule has 4 rings (SSSR count). The summed E-state index contributed by atoms with van der Waals surface area (Å²) < 4.78 is 24.7. The highest BCUT2D eigenvalue weighted by Gasteiger charge is 2.43. The van der Waals surface area contributed by atoms with Crippen LogP contribution in [0.5, 0.6) is 17.2 Å². The number of benzene rings is 2. The van der Waals surface area contributed by atoms with Gasteiger partial charge in [-0.3, -0.25) is 4.79 Å². The van der Waals surface area contributed by atoms with Crippen LogP contribution >= 0.6 is 11.6 Å². The number of pyridine rings is 1. The maximum Gasteiger partial charge on any atom is 0.306 e. The van der Waals surface area contributed by atoms with Gasteiger partial charge in [-0.25, -0.2) is 9.37 Å². The smallest absolute Gasteiger partial charge is 0.306 e. The van der Waals surface area contributed by atoms with E-state index >= 15 is 0 Å². The van der Waals surface area contributed by atoms with Crippen LogP contribution in [-0.4, -0.2) is 22.7 Å². The van der Waals surface area contributed by atoms with Crippen LogP contribution in [0.25, 0.3) is 11.1 Å². The zero-order valence-corrected chi connectivity index (χ0v) is 16.0. The molecule has 0 saturated heterocycles. The molecule has 0 amide bonds. The molecule has 1 N–H and O–H groups in total. The molecule has 148 valence electrons. The summed E-state index contributed by atoms with van der Waals surface area (Å²) in [6.45, 7) is 0.385. The second-order valence-corrected chi connectivity index (χ2v) is 7.20. The Bertz CT molecular complexity index is 1040. The van der Waals surface area contributed by atoms with Gasteiger partial charge in [0.25, 0.3) is 0 Å². The van der Waals surface area contributed by atoms with Crippen molar-refractivity contribution in [3.05, 3.63) is 71.8 Å². The quantitative estimate of drug-likeness (QED) is 0.523. The Morgan fingerprint density at radius 2 is 1.93 bits per heavy atom. The fourth-order valence-electron chi connectivity index (χ4n) is 3.02. The largest absolute Gasteiger partial charge is 0.493 e. The van der Waals surface area contributed by atoms with Crippen molar-refractivity contribution in [3.63, 3.8) is 0 Å². The van der Waals surface area contributed by atoms with Crippen LogP contribution in [0.2, 0.25) is 5.15 Å². The Morgan fingerprint density at radius 1 is 1.14 bits per heavy atom. The Morgan fingerprint density at radius 3 is 2.62 bits per heavy atom. The van der Waals surface area contributed by atoms with Gasteiger partial charge in [-0.05, 0) is 42.3 Å². The molecule has 5 nitrogen and oxygen atoms in total. The third kappa shape index (κ3) is 4.66. The van der Waals surface area contributed by atoms with Crippen molar-refractivity contribution in [2.75, 3.05) is 6.61 Å². The summed E-state index contributed by atoms with van der Waals surface area (Å²) in [5.74, 6) is 0.0772. The minimum absolute atomic E-state index is 0.0717. The lowest BCUT2D eigenvalue weighted by Crippen LogP contribution is -2.06. The van der Waals surface area contributed by atoms with Gasteiger partial charge in [-0.1, -0.05) is 29.8 Å². The summed E-state index contributed by atoms with van der Waals surface area (Å²) in [5, 5.41) is 9.25. The molecule has 0 bridgehead atoms. The van der Waals surface area contributed by atoms with Crippen LogP contribution in [0.1, 0.15) is 6.42 Å². The Kier molecular flexibility index (Phi) is 5.36. The number of aromatic nitrogens is 1. The van der Waals surface area contributed by atoms with Crippen molar-refractivity contribution in [1.82, 2.24) is 4.98 Å². The van der Waals surface area contributed by atoms with E-state index in [1.807, 2.05) is 12.1 Å². The first-order valence-corrected chi connectivity index (χ1v) is 9.42. The van der Waals surface area contributed by atoms with Crippen LogP contribution in [0, 0.1) is 17.7 Å². The highest BCUT2D eigenvalue weighted by molar-refractivity contribution is 6.32. The highest BCUT2D eigenvalue weighted by atomic mass is 35.5. The van der Waals surface area contributed by atoms with E-state index in [1.165, 1.54) is 18.3 Å². The van der Waals surface area contributed by atoms with Gasteiger partial charge in [0.2, 0.25) is 0 Å². The first-order valence-electron chi connectivity index (χ1n) is 9.04. The van der Waals surface area contributed by atoms with Crippen molar-refractivity contribution in [2.45, 2.75) is 6.42 Å². The topological polar surface area (TPSA) is 68.7 Å². The zero-order valence-electron chi connectivity index (χ0n) is 15.2. The number of hydrogen-bond donors (Lipinski definition) is 1. The predicted octanol–water partition coefficient (Wildman–Crippen LogP) is 5.43. The fourth-order valence-corrected chi connectivity index (χ4v) is 3.23. The van der Waals surface area contributed by atoms with Gasteiger partial charge in [-0.15, -0.1) is 0 Å². The lowest BCUT2D eigenvalue weighted by Gasteiger charge is -2.10. The van der Waals surface area contributed by atoms with Crippen molar-refractivity contribution in [3.8, 4) is 28.4 Å². The summed E-state index contributed by atoms with van der Waals surface area (Å²) in [7, 11) is 0. The SMILES string of the molecule is O=C(O)[C@H]1CC1COc1ccc(-c2cc(Oc3cccc(F)c3)cnc2Cl)cc1. The number of nitrogens with zero attached hydrogens (tertiary/aromatic N) is 1. The second-order valence-electron chi connectivity index (χ2n) is 6.84. The van der Waals surface area contributed by atoms with Gasteiger partial charge in [0, 0.05) is 17.5 Å². The molecule has 1 heterocycles. The molecule has 2 aromatic carbocycles. The van der Waals surface area contributed by atoms with Crippen molar-refractivity contribution in [1.29, 1.82) is 0 Å². The van der Waals surface area contributed by atoms with E-state index in [2.05, 4.69) is 4.98 Å². The fraction of sp³-hybridized carbons (Fsp3) is 0.182. The normalized spacial score (nSPS) is 17.6. The average Bonchev–Trinajstić information content (AvgIpc) is 3.49. The summed E-state index contributed by atoms with van der Waals surface area (Å²) in [5.41, 5.74) is 1.48. The van der Waals surface area contributed by atoms with Crippen LogP contribution in [0.15, 0.2) is 60.8 Å². The molecule has 1 unspecified atom stereocenters. The number of rotatable bonds is 7. The van der Waals surface area contributed by atoms with Crippen LogP contribution in [0.4, 0.5) is 4.39 Å². The maximum atomic E-state index is 13.3. The minimum atomic E-state index is -0.767. The molecule has 1 aliphatic carbocycles. The lowest BCUT2D eigenvalue weighted by atomic mass is 10.1. The molecular formula is C22H17ClFNO4. The van der Waals surface area contributed by atoms with Gasteiger partial charge in [0.05, 0.1) is 18.7 Å². The van der Waals surface area contributed by atoms with Gasteiger partial charge in [0.15, 0.2) is 0 Å². The first kappa shape index (κ1) is 19.2. The van der Waals surface area contributed by atoms with E-state index in [4.69, 9.17) is 26.2 Å². The Labute approximate surface area is 171 Å². The van der Waals surface area contributed by atoms with Crippen LogP contribution < -0.4 is 9.47 Å². The predicted molar refractivity (Wildman–Crippen MR) is 106 cm³/mol. The molecule has 1 fully saturated rings. The van der Waals surface area contributed by atoms with Gasteiger partial charge in [0.1, 0.15) is 28.2 Å². The number of halogens is 2. The van der Waals surface area contributed by atoms with Crippen molar-refractivity contribution in [2.24, 2.45) is 11.8 Å². The third-order valence-corrected chi connectivity index (χ3v) is 5.02. The standard InChI is InChI=1S/C22H17ClFNO4/c23-21-19(10-18(11-25-21)29-17-3-1-2-15(24)9-17)13-4-6-16(7-5-13)28-12-14-8-20(14)22(26)27/h1-7,9-11,14,20H,8,12H2,(H,26,27)/t14?,20-/m0/s1. The molecule has 0 radical (unpaired) electrons. The summed E-state index contributed by atoms with van der Waals surface area (Å²) in [4.78, 5) is 15.0. The van der Waals surface area contributed by atoms with E-state index in [-0.39, 0.29) is 17.7 Å². The molecule has 1 saturated carbocycles. The lowest BCUT2D eigenvalue weighted by molar-refractivity contribution is -0.138. The Balaban J connectivity index is 1.45. The molecule has 1 aliphatic rings. The number of carboxylic acids is 1. The number of carbonyl (C=O) groups is 1. The van der Waals surface area contributed by atoms with E-state index in [1.54, 1.807) is 30.3 Å². The summed E-state index contributed by atoms with van der Waals surface area (Å²) in [6, 6.07) is 14.8. The van der Waals surface area contributed by atoms with Crippen molar-refractivity contribution < 1.29 is 23.8 Å². The summed E-state index contributed by atoms with van der Waals surface area (Å²) >= 11 is 6.24. The van der Waals surface area contributed by atoms with E-state index in [0.29, 0.717) is 41.0 Å². The van der Waals surface area contributed by atoms with E-state index in [9.17, 15) is 9.18 Å². The zero-order chi connectivity index (χ0) is 20.4. The molecule has 1 aromatic heterocycles. The summed E-state index contributed by atoms with van der Waals surface area (Å²) in [6.07, 6.45) is 2.13. The Hall–Kier alpha value is -3.12. The van der Waals surface area contributed by atoms with Crippen LogP contribution in [-0.2, 0) is 4.79 Å². The minimum Gasteiger partial charge on any atom is -0.493 e. The molecule has 0 aliphatic heterocycles. The van der Waals surface area contributed by atoms with Crippen molar-refractivity contribution >= 4 is 17.6 Å². The first-order chi connectivity index (χ1) is 14.0. The number of ether oxygens (including phenoxy) is 2. The molecule has 2 atom stereocenters. The van der Waals surface area contributed by atoms with E-state index in [0.717, 1.165) is 5.56 Å². The highest BCUT2D eigenvalue weighted by Crippen LogP contribution is 2.39. The molecular weight excluding hydrogens is 397 g/mol. The van der Waals surface area contributed by atoms with Gasteiger partial charge >= 0.3 is 5.97 Å². The van der Waals surface area contributed by atoms with Gasteiger partial charge in [-0.2, -0.15) is 0 Å². The molecule has 29 heavy (non-hydrogen) atoms.